The second-order valence-corrected chi connectivity index (χ2v) is 7.98. The zero-order valence-electron chi connectivity index (χ0n) is 19.8. The number of esters is 2. The van der Waals surface area contributed by atoms with E-state index in [-0.39, 0.29) is 11.9 Å². The Labute approximate surface area is 203 Å². The van der Waals surface area contributed by atoms with Crippen molar-refractivity contribution in [2.24, 2.45) is 20.7 Å². The summed E-state index contributed by atoms with van der Waals surface area (Å²) in [5.74, 6) is -0.702. The van der Waals surface area contributed by atoms with Crippen LogP contribution in [0.4, 0.5) is 11.4 Å². The Morgan fingerprint density at radius 2 is 1.03 bits per heavy atom. The molecule has 0 amide bonds. The van der Waals surface area contributed by atoms with Gasteiger partial charge in [0, 0.05) is 0 Å². The number of hydrogen-bond acceptors (Lipinski definition) is 10. The van der Waals surface area contributed by atoms with Gasteiger partial charge in [0.1, 0.15) is 0 Å². The largest absolute Gasteiger partial charge is 0.462 e. The molecule has 0 aliphatic carbocycles. The van der Waals surface area contributed by atoms with Gasteiger partial charge in [-0.25, -0.2) is 19.6 Å². The van der Waals surface area contributed by atoms with Crippen molar-refractivity contribution in [3.63, 3.8) is 0 Å². The summed E-state index contributed by atoms with van der Waals surface area (Å²) in [6.07, 6.45) is 0. The molecule has 184 valence electrons. The number of benzene rings is 2. The van der Waals surface area contributed by atoms with Gasteiger partial charge in [-0.1, -0.05) is 10.4 Å². The molecule has 4 rings (SSSR count). The second kappa shape index (κ2) is 11.5. The summed E-state index contributed by atoms with van der Waals surface area (Å²) >= 11 is 0. The third-order valence-corrected chi connectivity index (χ3v) is 5.18. The monoisotopic (exact) mass is 480 g/mol. The lowest BCUT2D eigenvalue weighted by atomic mass is 10.2. The molecule has 2 saturated heterocycles. The van der Waals surface area contributed by atoms with Crippen LogP contribution in [-0.2, 0) is 9.47 Å². The summed E-state index contributed by atoms with van der Waals surface area (Å²) in [5, 5.41) is 21.0. The minimum atomic E-state index is -0.351. The second-order valence-electron chi connectivity index (χ2n) is 7.98. The number of nitrogens with zero attached hydrogens (tertiary/aromatic N) is 8. The Morgan fingerprint density at radius 3 is 1.37 bits per heavy atom. The average molecular weight is 481 g/mol. The van der Waals surface area contributed by atoms with Gasteiger partial charge >= 0.3 is 11.9 Å². The first-order valence-corrected chi connectivity index (χ1v) is 11.4. The molecule has 35 heavy (non-hydrogen) atoms. The summed E-state index contributed by atoms with van der Waals surface area (Å²) in [6, 6.07) is 13.7. The zero-order chi connectivity index (χ0) is 24.6. The van der Waals surface area contributed by atoms with E-state index < -0.39 is 0 Å². The summed E-state index contributed by atoms with van der Waals surface area (Å²) in [6.45, 7) is 7.42. The maximum atomic E-state index is 11.8. The highest BCUT2D eigenvalue weighted by Gasteiger charge is 2.30. The van der Waals surface area contributed by atoms with E-state index in [2.05, 4.69) is 30.5 Å². The van der Waals surface area contributed by atoms with Gasteiger partial charge in [0.15, 0.2) is 0 Å². The highest BCUT2D eigenvalue weighted by atomic mass is 16.5. The van der Waals surface area contributed by atoms with Crippen LogP contribution in [0.5, 0.6) is 0 Å². The lowest BCUT2D eigenvalue weighted by Gasteiger charge is -2.46. The van der Waals surface area contributed by atoms with Crippen molar-refractivity contribution in [3.05, 3.63) is 59.7 Å². The molecule has 2 aromatic rings. The van der Waals surface area contributed by atoms with Crippen molar-refractivity contribution in [3.8, 4) is 0 Å². The number of hydrogen-bond donors (Lipinski definition) is 0. The van der Waals surface area contributed by atoms with Gasteiger partial charge in [-0.2, -0.15) is 0 Å². The summed E-state index contributed by atoms with van der Waals surface area (Å²) in [5.41, 5.74) is 2.28. The Morgan fingerprint density at radius 1 is 0.657 bits per heavy atom. The number of rotatable bonds is 8. The number of carbonyl (C=O) groups is 2. The lowest BCUT2D eigenvalue weighted by Crippen LogP contribution is -2.61. The molecule has 0 N–H and O–H groups in total. The molecule has 0 saturated carbocycles. The Hall–Kier alpha value is -3.90. The van der Waals surface area contributed by atoms with Crippen molar-refractivity contribution in [1.82, 2.24) is 19.8 Å². The molecule has 2 fully saturated rings. The van der Waals surface area contributed by atoms with Gasteiger partial charge in [0.05, 0.1) is 69.1 Å². The zero-order valence-corrected chi connectivity index (χ0v) is 19.8. The van der Waals surface area contributed by atoms with Crippen molar-refractivity contribution >= 4 is 23.3 Å². The lowest BCUT2D eigenvalue weighted by molar-refractivity contribution is -0.124. The number of fused-ring (bicyclic) bond motifs is 2. The van der Waals surface area contributed by atoms with Crippen LogP contribution in [0.25, 0.3) is 0 Å². The molecule has 2 aliphatic heterocycles. The summed E-state index contributed by atoms with van der Waals surface area (Å²) < 4.78 is 9.98. The molecular weight excluding hydrogens is 452 g/mol. The Kier molecular flexibility index (Phi) is 7.95. The first kappa shape index (κ1) is 24.2. The molecule has 0 radical (unpaired) electrons. The smallest absolute Gasteiger partial charge is 0.338 e. The van der Waals surface area contributed by atoms with Gasteiger partial charge in [0.2, 0.25) is 0 Å². The average Bonchev–Trinajstić information content (AvgIpc) is 2.86. The topological polar surface area (TPSA) is 115 Å². The quantitative estimate of drug-likeness (QED) is 0.414. The maximum Gasteiger partial charge on any atom is 0.338 e. The molecule has 0 unspecified atom stereocenters. The standard InChI is InChI=1S/C23H28N8O4/c1-3-34-22(32)18-5-9-20(10-6-18)24-26-30-14-28-13-29(15-30)17-31(16-28)27-25-21-11-7-19(8-12-21)23(33)35-4-2/h5-12H,3-4,13-17H2,1-2H3. The molecule has 0 atom stereocenters. The van der Waals surface area contributed by atoms with E-state index in [0.29, 0.717) is 62.4 Å². The summed E-state index contributed by atoms with van der Waals surface area (Å²) in [4.78, 5) is 27.8. The van der Waals surface area contributed by atoms with E-state index in [1.165, 1.54) is 0 Å². The fourth-order valence-electron chi connectivity index (χ4n) is 3.66. The van der Waals surface area contributed by atoms with E-state index in [0.717, 1.165) is 6.67 Å². The summed E-state index contributed by atoms with van der Waals surface area (Å²) in [7, 11) is 0. The fraction of sp³-hybridized carbons (Fsp3) is 0.391. The predicted molar refractivity (Wildman–Crippen MR) is 126 cm³/mol. The van der Waals surface area contributed by atoms with Crippen molar-refractivity contribution in [2.75, 3.05) is 46.6 Å². The van der Waals surface area contributed by atoms with Gasteiger partial charge in [-0.3, -0.25) is 9.80 Å². The normalized spacial score (nSPS) is 19.8. The first-order chi connectivity index (χ1) is 17.0. The molecule has 2 bridgehead atoms. The van der Waals surface area contributed by atoms with E-state index in [1.54, 1.807) is 62.4 Å². The molecule has 0 spiro atoms. The molecule has 0 aromatic heterocycles. The van der Waals surface area contributed by atoms with E-state index >= 15 is 0 Å². The highest BCUT2D eigenvalue weighted by Crippen LogP contribution is 2.20. The SMILES string of the molecule is CCOC(=O)c1ccc(N=NN2CN3CN(C2)CN(N=Nc2ccc(C(=O)OCC)cc2)C3)cc1. The molecule has 2 heterocycles. The minimum absolute atomic E-state index is 0.339. The first-order valence-electron chi connectivity index (χ1n) is 11.4. The highest BCUT2D eigenvalue weighted by molar-refractivity contribution is 5.90. The maximum absolute atomic E-state index is 11.8. The fourth-order valence-corrected chi connectivity index (χ4v) is 3.66. The van der Waals surface area contributed by atoms with Crippen LogP contribution in [0.1, 0.15) is 34.6 Å². The van der Waals surface area contributed by atoms with Crippen LogP contribution < -0.4 is 0 Å². The van der Waals surface area contributed by atoms with Crippen LogP contribution in [0.3, 0.4) is 0 Å². The van der Waals surface area contributed by atoms with Gasteiger partial charge in [0.25, 0.3) is 0 Å². The van der Waals surface area contributed by atoms with Crippen molar-refractivity contribution in [1.29, 1.82) is 0 Å². The molecular formula is C23H28N8O4. The van der Waals surface area contributed by atoms with Crippen LogP contribution in [0.2, 0.25) is 0 Å². The van der Waals surface area contributed by atoms with Crippen molar-refractivity contribution < 1.29 is 19.1 Å². The Bertz CT molecular complexity index is 976. The van der Waals surface area contributed by atoms with Gasteiger partial charge in [-0.15, -0.1) is 10.2 Å². The molecule has 12 nitrogen and oxygen atoms in total. The number of carbonyl (C=O) groups excluding carboxylic acids is 2. The Balaban J connectivity index is 1.28. The van der Waals surface area contributed by atoms with E-state index in [9.17, 15) is 9.59 Å². The minimum Gasteiger partial charge on any atom is -0.462 e. The van der Waals surface area contributed by atoms with E-state index in [1.807, 2.05) is 10.0 Å². The van der Waals surface area contributed by atoms with Crippen molar-refractivity contribution in [2.45, 2.75) is 13.8 Å². The van der Waals surface area contributed by atoms with Gasteiger partial charge < -0.3 is 9.47 Å². The number of ether oxygens (including phenoxy) is 2. The van der Waals surface area contributed by atoms with Crippen LogP contribution in [0.15, 0.2) is 69.2 Å². The molecule has 2 aromatic carbocycles. The molecule has 2 aliphatic rings. The molecule has 12 heteroatoms. The van der Waals surface area contributed by atoms with Crippen LogP contribution in [0, 0.1) is 0 Å². The van der Waals surface area contributed by atoms with E-state index in [4.69, 9.17) is 9.47 Å². The third kappa shape index (κ3) is 6.58. The van der Waals surface area contributed by atoms with Crippen LogP contribution >= 0.6 is 0 Å². The van der Waals surface area contributed by atoms with Gasteiger partial charge in [-0.05, 0) is 62.4 Å². The third-order valence-electron chi connectivity index (χ3n) is 5.18. The predicted octanol–water partition coefficient (Wildman–Crippen LogP) is 3.76. The van der Waals surface area contributed by atoms with Crippen LogP contribution in [-0.4, -0.2) is 78.3 Å².